The number of amides is 1. The van der Waals surface area contributed by atoms with Crippen molar-refractivity contribution in [2.24, 2.45) is 0 Å². The van der Waals surface area contributed by atoms with E-state index in [4.69, 9.17) is 0 Å². The van der Waals surface area contributed by atoms with Gasteiger partial charge in [0, 0.05) is 16.8 Å². The highest BCUT2D eigenvalue weighted by molar-refractivity contribution is 6.04. The van der Waals surface area contributed by atoms with Crippen molar-refractivity contribution in [1.82, 2.24) is 19.3 Å². The number of anilines is 1. The molecule has 0 spiro atoms. The fourth-order valence-corrected chi connectivity index (χ4v) is 3.60. The van der Waals surface area contributed by atoms with Crippen LogP contribution >= 0.6 is 0 Å². The number of Topliss-reactive ketones (excluding diaryl/α,β-unsaturated/α-hetero) is 1. The quantitative estimate of drug-likeness (QED) is 0.399. The van der Waals surface area contributed by atoms with Crippen molar-refractivity contribution in [3.8, 4) is 5.69 Å². The molecule has 5 aromatic rings. The Morgan fingerprint density at radius 3 is 2.21 bits per heavy atom. The number of ketones is 1. The minimum atomic E-state index is -0.340. The molecule has 2 aromatic heterocycles. The number of para-hydroxylation sites is 1. The van der Waals surface area contributed by atoms with Crippen LogP contribution in [0.3, 0.4) is 0 Å². The maximum Gasteiger partial charge on any atom is 0.264 e. The number of nitrogens with zero attached hydrogens (tertiary/aromatic N) is 4. The maximum atomic E-state index is 12.9. The van der Waals surface area contributed by atoms with Crippen LogP contribution in [0.15, 0.2) is 102 Å². The van der Waals surface area contributed by atoms with E-state index in [2.05, 4.69) is 15.4 Å². The van der Waals surface area contributed by atoms with Crippen LogP contribution in [0, 0.1) is 0 Å². The molecule has 0 bridgehead atoms. The van der Waals surface area contributed by atoms with Crippen LogP contribution in [0.2, 0.25) is 0 Å². The van der Waals surface area contributed by atoms with Crippen LogP contribution in [0.1, 0.15) is 20.7 Å². The number of hydrogen-bond donors (Lipinski definition) is 1. The summed E-state index contributed by atoms with van der Waals surface area (Å²) in [6.45, 7) is -0.159. The molecule has 8 nitrogen and oxygen atoms in total. The van der Waals surface area contributed by atoms with Crippen molar-refractivity contribution in [2.45, 2.75) is 6.54 Å². The van der Waals surface area contributed by atoms with Gasteiger partial charge in [0.1, 0.15) is 11.7 Å². The molecule has 1 N–H and O–H groups in total. The molecule has 0 aliphatic heterocycles. The van der Waals surface area contributed by atoms with Gasteiger partial charge in [-0.1, -0.05) is 36.4 Å². The van der Waals surface area contributed by atoms with E-state index in [1.165, 1.54) is 17.1 Å². The number of aromatic nitrogens is 4. The molecular weight excluding hydrogens is 430 g/mol. The summed E-state index contributed by atoms with van der Waals surface area (Å²) in [7, 11) is 0. The van der Waals surface area contributed by atoms with Gasteiger partial charge in [0.15, 0.2) is 11.4 Å². The molecule has 2 heterocycles. The van der Waals surface area contributed by atoms with Crippen molar-refractivity contribution < 1.29 is 9.59 Å². The fraction of sp³-hybridized carbons (Fsp3) is 0.0385. The second-order valence-electron chi connectivity index (χ2n) is 7.63. The molecule has 0 unspecified atom stereocenters. The molecular formula is C26H19N5O3. The monoisotopic (exact) mass is 449 g/mol. The van der Waals surface area contributed by atoms with E-state index in [-0.39, 0.29) is 23.8 Å². The van der Waals surface area contributed by atoms with Gasteiger partial charge < -0.3 is 5.32 Å². The van der Waals surface area contributed by atoms with Gasteiger partial charge in [-0.2, -0.15) is 5.10 Å². The lowest BCUT2D eigenvalue weighted by Crippen LogP contribution is -2.24. The first-order valence-electron chi connectivity index (χ1n) is 10.6. The standard InChI is InChI=1S/C26H19N5O3/c32-23(18-11-13-20(14-12-18)29-25(33)19-7-3-1-4-8-19)16-30-17-27-24-22(26(30)34)15-28-31(24)21-9-5-2-6-10-21/h1-15,17H,16H2,(H,29,33). The van der Waals surface area contributed by atoms with Gasteiger partial charge in [-0.25, -0.2) is 9.67 Å². The summed E-state index contributed by atoms with van der Waals surface area (Å²) in [5.74, 6) is -0.485. The summed E-state index contributed by atoms with van der Waals surface area (Å²) in [6, 6.07) is 24.8. The highest BCUT2D eigenvalue weighted by Crippen LogP contribution is 2.15. The number of nitrogens with one attached hydrogen (secondary N) is 1. The Hall–Kier alpha value is -4.85. The van der Waals surface area contributed by atoms with Gasteiger partial charge in [-0.05, 0) is 48.5 Å². The summed E-state index contributed by atoms with van der Waals surface area (Å²) >= 11 is 0. The smallest absolute Gasteiger partial charge is 0.264 e. The van der Waals surface area contributed by atoms with E-state index in [0.717, 1.165) is 5.69 Å². The van der Waals surface area contributed by atoms with Crippen molar-refractivity contribution in [3.05, 3.63) is 119 Å². The Morgan fingerprint density at radius 1 is 0.824 bits per heavy atom. The van der Waals surface area contributed by atoms with E-state index >= 15 is 0 Å². The second kappa shape index (κ2) is 8.95. The lowest BCUT2D eigenvalue weighted by Gasteiger charge is -2.08. The van der Waals surface area contributed by atoms with E-state index in [1.807, 2.05) is 36.4 Å². The molecule has 8 heteroatoms. The molecule has 0 radical (unpaired) electrons. The topological polar surface area (TPSA) is 98.9 Å². The maximum absolute atomic E-state index is 12.9. The molecule has 166 valence electrons. The zero-order chi connectivity index (χ0) is 23.5. The molecule has 0 fully saturated rings. The van der Waals surface area contributed by atoms with Gasteiger partial charge in [-0.3, -0.25) is 19.0 Å². The molecule has 0 atom stereocenters. The lowest BCUT2D eigenvalue weighted by atomic mass is 10.1. The Labute approximate surface area is 194 Å². The molecule has 3 aromatic carbocycles. The predicted molar refractivity (Wildman–Crippen MR) is 128 cm³/mol. The minimum Gasteiger partial charge on any atom is -0.322 e. The average molecular weight is 449 g/mol. The normalized spacial score (nSPS) is 10.8. The van der Waals surface area contributed by atoms with E-state index < -0.39 is 0 Å². The van der Waals surface area contributed by atoms with Crippen molar-refractivity contribution >= 4 is 28.4 Å². The Kier molecular flexibility index (Phi) is 5.53. The van der Waals surface area contributed by atoms with Crippen LogP contribution in [-0.4, -0.2) is 31.0 Å². The number of carbonyl (C=O) groups is 2. The van der Waals surface area contributed by atoms with Gasteiger partial charge >= 0.3 is 0 Å². The number of carbonyl (C=O) groups excluding carboxylic acids is 2. The fourth-order valence-electron chi connectivity index (χ4n) is 3.60. The summed E-state index contributed by atoms with van der Waals surface area (Å²) in [4.78, 5) is 42.4. The molecule has 5 rings (SSSR count). The second-order valence-corrected chi connectivity index (χ2v) is 7.63. The predicted octanol–water partition coefficient (Wildman–Crippen LogP) is 3.72. The molecule has 0 saturated heterocycles. The van der Waals surface area contributed by atoms with Crippen LogP contribution in [0.25, 0.3) is 16.7 Å². The zero-order valence-corrected chi connectivity index (χ0v) is 18.0. The minimum absolute atomic E-state index is 0.159. The number of rotatable bonds is 6. The van der Waals surface area contributed by atoms with E-state index in [9.17, 15) is 14.4 Å². The van der Waals surface area contributed by atoms with Crippen LogP contribution in [0.5, 0.6) is 0 Å². The Balaban J connectivity index is 1.32. The Bertz CT molecular complexity index is 1540. The van der Waals surface area contributed by atoms with Crippen molar-refractivity contribution in [2.75, 3.05) is 5.32 Å². The highest BCUT2D eigenvalue weighted by atomic mass is 16.2. The third-order valence-corrected chi connectivity index (χ3v) is 5.37. The van der Waals surface area contributed by atoms with Crippen molar-refractivity contribution in [3.63, 3.8) is 0 Å². The van der Waals surface area contributed by atoms with Gasteiger partial charge in [0.05, 0.1) is 18.4 Å². The van der Waals surface area contributed by atoms with Crippen LogP contribution in [-0.2, 0) is 6.54 Å². The first-order chi connectivity index (χ1) is 16.6. The third kappa shape index (κ3) is 4.12. The lowest BCUT2D eigenvalue weighted by molar-refractivity contribution is 0.0969. The molecule has 0 saturated carbocycles. The summed E-state index contributed by atoms with van der Waals surface area (Å²) < 4.78 is 2.86. The van der Waals surface area contributed by atoms with Gasteiger partial charge in [0.25, 0.3) is 11.5 Å². The largest absolute Gasteiger partial charge is 0.322 e. The summed E-state index contributed by atoms with van der Waals surface area (Å²) in [5, 5.41) is 7.41. The zero-order valence-electron chi connectivity index (χ0n) is 18.0. The molecule has 1 amide bonds. The van der Waals surface area contributed by atoms with Crippen molar-refractivity contribution in [1.29, 1.82) is 0 Å². The molecule has 0 aliphatic rings. The Morgan fingerprint density at radius 2 is 1.50 bits per heavy atom. The third-order valence-electron chi connectivity index (χ3n) is 5.37. The summed E-state index contributed by atoms with van der Waals surface area (Å²) in [6.07, 6.45) is 2.82. The SMILES string of the molecule is O=C(Cn1cnc2c(cnn2-c2ccccc2)c1=O)c1ccc(NC(=O)c2ccccc2)cc1. The highest BCUT2D eigenvalue weighted by Gasteiger charge is 2.14. The molecule has 34 heavy (non-hydrogen) atoms. The molecule has 0 aliphatic carbocycles. The van der Waals surface area contributed by atoms with Crippen LogP contribution < -0.4 is 10.9 Å². The van der Waals surface area contributed by atoms with Crippen LogP contribution in [0.4, 0.5) is 5.69 Å². The van der Waals surface area contributed by atoms with E-state index in [1.54, 1.807) is 53.2 Å². The number of benzene rings is 3. The first-order valence-corrected chi connectivity index (χ1v) is 10.6. The van der Waals surface area contributed by atoms with E-state index in [0.29, 0.717) is 27.8 Å². The van der Waals surface area contributed by atoms with Gasteiger partial charge in [-0.15, -0.1) is 0 Å². The summed E-state index contributed by atoms with van der Waals surface area (Å²) in [5.41, 5.74) is 2.41. The van der Waals surface area contributed by atoms with Gasteiger partial charge in [0.2, 0.25) is 0 Å². The number of hydrogen-bond acceptors (Lipinski definition) is 5. The number of fused-ring (bicyclic) bond motifs is 1. The average Bonchev–Trinajstić information content (AvgIpc) is 3.32. The first kappa shape index (κ1) is 21.0.